The van der Waals surface area contributed by atoms with E-state index >= 15 is 0 Å². The number of aryl methyl sites for hydroxylation is 1. The molecule has 33 heavy (non-hydrogen) atoms. The normalized spacial score (nSPS) is 11.0. The second-order valence-corrected chi connectivity index (χ2v) is 6.51. The number of hydrogen-bond acceptors (Lipinski definition) is 4. The summed E-state index contributed by atoms with van der Waals surface area (Å²) in [5.74, 6) is 0.332. The number of carboxylic acids is 1. The van der Waals surface area contributed by atoms with Gasteiger partial charge in [0.15, 0.2) is 0 Å². The van der Waals surface area contributed by atoms with Crippen LogP contribution in [0, 0.1) is 6.92 Å². The molecule has 0 amide bonds. The molecule has 0 saturated carbocycles. The number of ether oxygens (including phenoxy) is 1. The Labute approximate surface area is 198 Å². The van der Waals surface area contributed by atoms with Gasteiger partial charge in [-0.1, -0.05) is 77.1 Å². The van der Waals surface area contributed by atoms with Gasteiger partial charge >= 0.3 is 5.97 Å². The number of pyridine rings is 1. The van der Waals surface area contributed by atoms with Crippen LogP contribution in [-0.2, 0) is 11.3 Å². The number of allylic oxidation sites excluding steroid dienone is 3. The first kappa shape index (κ1) is 29.7. The van der Waals surface area contributed by atoms with Crippen molar-refractivity contribution in [1.29, 1.82) is 0 Å². The fraction of sp³-hybridized carbons (Fsp3) is 0.357. The van der Waals surface area contributed by atoms with Crippen LogP contribution >= 0.6 is 0 Å². The maximum atomic E-state index is 10.7. The van der Waals surface area contributed by atoms with E-state index in [0.29, 0.717) is 18.1 Å². The maximum Gasteiger partial charge on any atom is 0.339 e. The predicted octanol–water partition coefficient (Wildman–Crippen LogP) is 8.30. The number of aromatic nitrogens is 1. The number of carboxylic acid groups (broad SMARTS) is 1. The van der Waals surface area contributed by atoms with Crippen LogP contribution in [0.3, 0.4) is 0 Å². The summed E-state index contributed by atoms with van der Waals surface area (Å²) in [7, 11) is 0. The molecule has 0 saturated heterocycles. The van der Waals surface area contributed by atoms with Crippen molar-refractivity contribution in [3.8, 4) is 0 Å². The minimum absolute atomic E-state index is 0.117. The highest BCUT2D eigenvalue weighted by Gasteiger charge is 2.15. The molecule has 3 rings (SSSR count). The Bertz CT molecular complexity index is 1000. The number of furan rings is 1. The predicted molar refractivity (Wildman–Crippen MR) is 138 cm³/mol. The molecule has 1 unspecified atom stereocenters. The van der Waals surface area contributed by atoms with Gasteiger partial charge < -0.3 is 14.3 Å². The van der Waals surface area contributed by atoms with Crippen molar-refractivity contribution in [2.45, 2.75) is 67.9 Å². The highest BCUT2D eigenvalue weighted by molar-refractivity contribution is 5.88. The fourth-order valence-corrected chi connectivity index (χ4v) is 2.74. The Morgan fingerprint density at radius 1 is 1.09 bits per heavy atom. The fourth-order valence-electron chi connectivity index (χ4n) is 2.74. The van der Waals surface area contributed by atoms with Gasteiger partial charge in [-0.25, -0.2) is 9.78 Å². The third-order valence-corrected chi connectivity index (χ3v) is 4.22. The maximum absolute atomic E-state index is 10.7. The van der Waals surface area contributed by atoms with E-state index in [-0.39, 0.29) is 11.5 Å². The summed E-state index contributed by atoms with van der Waals surface area (Å²) < 4.78 is 10.6. The van der Waals surface area contributed by atoms with Crippen LogP contribution in [0.25, 0.3) is 10.9 Å². The van der Waals surface area contributed by atoms with E-state index in [1.54, 1.807) is 19.3 Å². The van der Waals surface area contributed by atoms with Gasteiger partial charge in [-0.2, -0.15) is 0 Å². The monoisotopic (exact) mass is 453 g/mol. The van der Waals surface area contributed by atoms with Crippen molar-refractivity contribution in [3.63, 3.8) is 0 Å². The summed E-state index contributed by atoms with van der Waals surface area (Å²) >= 11 is 0. The lowest BCUT2D eigenvalue weighted by Crippen LogP contribution is -1.95. The van der Waals surface area contributed by atoms with E-state index in [2.05, 4.69) is 17.1 Å². The van der Waals surface area contributed by atoms with Crippen molar-refractivity contribution in [1.82, 2.24) is 4.98 Å². The zero-order chi connectivity index (χ0) is 25.2. The molecular weight excluding hydrogens is 414 g/mol. The molecule has 0 aliphatic carbocycles. The van der Waals surface area contributed by atoms with Crippen molar-refractivity contribution in [2.75, 3.05) is 0 Å². The highest BCUT2D eigenvalue weighted by atomic mass is 16.5. The summed E-state index contributed by atoms with van der Waals surface area (Å²) in [5, 5.41) is 9.97. The molecular formula is C28H39NO4. The van der Waals surface area contributed by atoms with E-state index in [1.165, 1.54) is 0 Å². The lowest BCUT2D eigenvalue weighted by atomic mass is 10.1. The van der Waals surface area contributed by atoms with Gasteiger partial charge in [0.05, 0.1) is 17.5 Å². The van der Waals surface area contributed by atoms with Crippen LogP contribution in [0.2, 0.25) is 0 Å². The number of benzene rings is 1. The third kappa shape index (κ3) is 10.2. The first-order chi connectivity index (χ1) is 16.0. The molecule has 180 valence electrons. The summed E-state index contributed by atoms with van der Waals surface area (Å²) in [4.78, 5) is 15.2. The molecule has 0 fully saturated rings. The number of para-hydroxylation sites is 1. The molecule has 3 aromatic rings. The van der Waals surface area contributed by atoms with Gasteiger partial charge in [0.2, 0.25) is 0 Å². The van der Waals surface area contributed by atoms with E-state index in [4.69, 9.17) is 14.3 Å². The number of rotatable bonds is 6. The van der Waals surface area contributed by atoms with Crippen molar-refractivity contribution in [2.24, 2.45) is 0 Å². The number of carbonyl (C=O) groups is 1. The van der Waals surface area contributed by atoms with Crippen molar-refractivity contribution < 1.29 is 19.1 Å². The van der Waals surface area contributed by atoms with Gasteiger partial charge in [0.25, 0.3) is 0 Å². The molecule has 5 nitrogen and oxygen atoms in total. The number of nitrogens with zero attached hydrogens (tertiary/aromatic N) is 1. The lowest BCUT2D eigenvalue weighted by molar-refractivity contribution is 0.0695. The SMILES string of the molecule is C/C=C/OCc1ccc2ccccc2n1.C/C=C\C(C)c1cc(C(=O)O)c(C)o1.CC.CC. The quantitative estimate of drug-likeness (QED) is 0.300. The average molecular weight is 454 g/mol. The molecule has 1 N–H and O–H groups in total. The summed E-state index contributed by atoms with van der Waals surface area (Å²) in [6.07, 6.45) is 7.42. The van der Waals surface area contributed by atoms with Crippen LogP contribution in [0.1, 0.15) is 82.0 Å². The highest BCUT2D eigenvalue weighted by Crippen LogP contribution is 2.23. The van der Waals surface area contributed by atoms with Crippen LogP contribution < -0.4 is 0 Å². The van der Waals surface area contributed by atoms with Gasteiger partial charge in [-0.15, -0.1) is 0 Å². The first-order valence-corrected chi connectivity index (χ1v) is 11.5. The second-order valence-electron chi connectivity index (χ2n) is 6.51. The standard InChI is InChI=1S/C13H13NO.C11H14O3.2C2H6/c1-2-9-15-10-12-8-7-11-5-3-4-6-13(11)14-12;1-4-5-7(2)10-6-9(11(12)13)8(3)14-10;2*1-2/h2-9H,10H2,1H3;4-7H,1-3H3,(H,12,13);2*1-2H3/b9-2+;5-4-;;. The number of hydrogen-bond donors (Lipinski definition) is 1. The smallest absolute Gasteiger partial charge is 0.339 e. The third-order valence-electron chi connectivity index (χ3n) is 4.22. The molecule has 0 bridgehead atoms. The molecule has 0 radical (unpaired) electrons. The average Bonchev–Trinajstić information content (AvgIpc) is 3.24. The zero-order valence-electron chi connectivity index (χ0n) is 21.3. The topological polar surface area (TPSA) is 72.6 Å². The Balaban J connectivity index is 0.000000541. The van der Waals surface area contributed by atoms with E-state index < -0.39 is 5.97 Å². The molecule has 0 aliphatic heterocycles. The van der Waals surface area contributed by atoms with Crippen molar-refractivity contribution >= 4 is 16.9 Å². The van der Waals surface area contributed by atoms with Gasteiger partial charge in [-0.05, 0) is 39.0 Å². The summed E-state index contributed by atoms with van der Waals surface area (Å²) in [6.45, 7) is 16.0. The molecule has 5 heteroatoms. The number of aromatic carboxylic acids is 1. The number of fused-ring (bicyclic) bond motifs is 1. The largest absolute Gasteiger partial charge is 0.495 e. The second kappa shape index (κ2) is 17.2. The van der Waals surface area contributed by atoms with Crippen molar-refractivity contribution in [3.05, 3.63) is 89.7 Å². The first-order valence-electron chi connectivity index (χ1n) is 11.5. The molecule has 0 aliphatic rings. The van der Waals surface area contributed by atoms with E-state index in [0.717, 1.165) is 16.6 Å². The Morgan fingerprint density at radius 2 is 1.76 bits per heavy atom. The van der Waals surface area contributed by atoms with E-state index in [9.17, 15) is 4.79 Å². The molecule has 2 aromatic heterocycles. The minimum atomic E-state index is -0.940. The van der Waals surface area contributed by atoms with Crippen LogP contribution in [-0.4, -0.2) is 16.1 Å². The Morgan fingerprint density at radius 3 is 2.33 bits per heavy atom. The minimum Gasteiger partial charge on any atom is -0.495 e. The molecule has 1 aromatic carbocycles. The van der Waals surface area contributed by atoms with E-state index in [1.807, 2.05) is 91.0 Å². The van der Waals surface area contributed by atoms with Crippen LogP contribution in [0.5, 0.6) is 0 Å². The Hall–Kier alpha value is -3.34. The molecule has 1 atom stereocenters. The zero-order valence-corrected chi connectivity index (χ0v) is 21.3. The summed E-state index contributed by atoms with van der Waals surface area (Å²) in [6, 6.07) is 13.7. The molecule has 0 spiro atoms. The van der Waals surface area contributed by atoms with Gasteiger partial charge in [0.1, 0.15) is 23.7 Å². The lowest BCUT2D eigenvalue weighted by Gasteiger charge is -2.02. The van der Waals surface area contributed by atoms with Gasteiger partial charge in [-0.3, -0.25) is 0 Å². The summed E-state index contributed by atoms with van der Waals surface area (Å²) in [5.41, 5.74) is 2.21. The Kier molecular flexibility index (Phi) is 15.5. The molecule has 2 heterocycles. The van der Waals surface area contributed by atoms with Crippen LogP contribution in [0.4, 0.5) is 0 Å². The van der Waals surface area contributed by atoms with Gasteiger partial charge in [0, 0.05) is 11.3 Å². The van der Waals surface area contributed by atoms with Crippen LogP contribution in [0.15, 0.2) is 71.4 Å².